The molecule has 0 saturated carbocycles. The van der Waals surface area contributed by atoms with Crippen LogP contribution in [0.1, 0.15) is 11.1 Å². The van der Waals surface area contributed by atoms with E-state index in [1.165, 1.54) is 0 Å². The summed E-state index contributed by atoms with van der Waals surface area (Å²) in [5.74, 6) is -66.4. The van der Waals surface area contributed by atoms with E-state index in [1.807, 2.05) is 84.9 Å². The maximum Gasteiger partial charge on any atom is 0.200 e. The van der Waals surface area contributed by atoms with Crippen molar-refractivity contribution in [3.63, 3.8) is 0 Å². The van der Waals surface area contributed by atoms with Crippen LogP contribution >= 0.6 is 0 Å². The lowest BCUT2D eigenvalue weighted by molar-refractivity contribution is 0.378. The van der Waals surface area contributed by atoms with E-state index in [9.17, 15) is 56.9 Å². The van der Waals surface area contributed by atoms with Crippen molar-refractivity contribution in [1.82, 2.24) is 0 Å². The zero-order valence-corrected chi connectivity index (χ0v) is 35.0. The third kappa shape index (κ3) is 9.16. The van der Waals surface area contributed by atoms with Crippen LogP contribution in [-0.4, -0.2) is 12.4 Å². The molecule has 0 N–H and O–H groups in total. The molecule has 0 bridgehead atoms. The fourth-order valence-electron chi connectivity index (χ4n) is 7.20. The average molecular weight is 1030 g/mol. The molecule has 0 aromatic heterocycles. The van der Waals surface area contributed by atoms with Crippen molar-refractivity contribution in [3.8, 4) is 22.7 Å². The van der Waals surface area contributed by atoms with Gasteiger partial charge in [-0.1, -0.05) is 52.7 Å². The summed E-state index contributed by atoms with van der Waals surface area (Å²) in [5.41, 5.74) is -12.5. The van der Waals surface area contributed by atoms with Crippen molar-refractivity contribution in [2.45, 2.75) is 5.75 Å². The van der Waals surface area contributed by atoms with Gasteiger partial charge in [0.2, 0.25) is 0 Å². The third-order valence-corrected chi connectivity index (χ3v) is 11.7. The molecular weight excluding hydrogens is 1010 g/mol. The van der Waals surface area contributed by atoms with Crippen LogP contribution in [-0.2, 0) is 19.9 Å². The summed E-state index contributed by atoms with van der Waals surface area (Å²) in [6.07, 6.45) is -5.51. The topological polar surface area (TPSA) is 26.3 Å². The van der Waals surface area contributed by atoms with Gasteiger partial charge in [-0.25, -0.2) is 87.8 Å². The molecule has 70 heavy (non-hydrogen) atoms. The highest BCUT2D eigenvalue weighted by molar-refractivity contribution is 8.05. The molecule has 0 aliphatic heterocycles. The molecule has 7 aromatic carbocycles. The van der Waals surface area contributed by atoms with Gasteiger partial charge < -0.3 is 4.74 Å². The minimum Gasteiger partial charge on any atom is -0.457 e. The molecule has 0 fully saturated rings. The number of hydrogen-bond donors (Lipinski definition) is 0. The summed E-state index contributed by atoms with van der Waals surface area (Å²) in [6, 6.07) is 26.9. The lowest BCUT2D eigenvalue weighted by atomic mass is 9.12. The fourth-order valence-corrected chi connectivity index (χ4v) is 8.43. The van der Waals surface area contributed by atoms with Crippen molar-refractivity contribution in [2.24, 2.45) is 0 Å². The van der Waals surface area contributed by atoms with Crippen LogP contribution in [0.15, 0.2) is 84.9 Å². The second kappa shape index (κ2) is 20.0. The molecule has 24 heteroatoms. The molecule has 0 amide bonds. The van der Waals surface area contributed by atoms with Crippen molar-refractivity contribution >= 4 is 37.9 Å². The molecule has 1 unspecified atom stereocenters. The first-order valence-electron chi connectivity index (χ1n) is 18.9. The second-order valence-corrected chi connectivity index (χ2v) is 17.1. The SMILES string of the molecule is C[S+](=O)(C#Cc1ccccc1)Cc1ccc(Oc2ccccc2)cc1.Fc1c(F)c(F)c([B-](c2c(F)c(F)c(F)c(F)c2F)(c2c(F)c(F)c(F)c(F)c2F)c2c(F)c(F)c(F)c(F)c2F)c(F)c1F. The Morgan fingerprint density at radius 3 is 0.929 bits per heavy atom. The number of benzene rings is 7. The monoisotopic (exact) mass is 1030 g/mol. The first kappa shape index (κ1) is 52.1. The van der Waals surface area contributed by atoms with Crippen molar-refractivity contribution in [2.75, 3.05) is 6.26 Å². The van der Waals surface area contributed by atoms with Gasteiger partial charge in [-0.05, 0) is 42.3 Å². The quantitative estimate of drug-likeness (QED) is 0.0379. The molecule has 0 aliphatic rings. The normalized spacial score (nSPS) is 12.2. The molecule has 0 heterocycles. The van der Waals surface area contributed by atoms with Gasteiger partial charge in [-0.15, -0.1) is 21.9 Å². The lowest BCUT2D eigenvalue weighted by Gasteiger charge is -2.44. The van der Waals surface area contributed by atoms with Gasteiger partial charge >= 0.3 is 0 Å². The van der Waals surface area contributed by atoms with Gasteiger partial charge in [0.05, 0.1) is 0 Å². The number of ether oxygens (including phenoxy) is 1. The largest absolute Gasteiger partial charge is 0.457 e. The number of halogens is 20. The van der Waals surface area contributed by atoms with Crippen LogP contribution in [0, 0.1) is 128 Å². The van der Waals surface area contributed by atoms with E-state index < -0.39 is 154 Å². The molecule has 1 atom stereocenters. The highest BCUT2D eigenvalue weighted by Crippen LogP contribution is 2.31. The van der Waals surface area contributed by atoms with Crippen LogP contribution in [0.3, 0.4) is 0 Å². The predicted molar refractivity (Wildman–Crippen MR) is 213 cm³/mol. The molecule has 0 spiro atoms. The molecule has 0 radical (unpaired) electrons. The van der Waals surface area contributed by atoms with Gasteiger partial charge in [0.15, 0.2) is 85.0 Å². The predicted octanol–water partition coefficient (Wildman–Crippen LogP) is 11.0. The maximum atomic E-state index is 15.4. The first-order chi connectivity index (χ1) is 32.8. The Hall–Kier alpha value is -7.29. The average Bonchev–Trinajstić information content (AvgIpc) is 3.34. The maximum absolute atomic E-state index is 15.4. The molecule has 7 rings (SSSR count). The van der Waals surface area contributed by atoms with E-state index >= 15 is 35.1 Å². The molecule has 7 aromatic rings. The van der Waals surface area contributed by atoms with Gasteiger partial charge in [0.25, 0.3) is 0 Å². The van der Waals surface area contributed by atoms with Crippen LogP contribution in [0.25, 0.3) is 0 Å². The first-order valence-corrected chi connectivity index (χ1v) is 21.0. The Balaban J connectivity index is 0.000000270. The minimum atomic E-state index is -7.22. The van der Waals surface area contributed by atoms with E-state index in [-0.39, 0.29) is 0 Å². The summed E-state index contributed by atoms with van der Waals surface area (Å²) in [6.45, 7) is 0. The number of hydrogen-bond acceptors (Lipinski definition) is 2. The van der Waals surface area contributed by atoms with Crippen LogP contribution < -0.4 is 26.6 Å². The van der Waals surface area contributed by atoms with E-state index in [4.69, 9.17) is 4.74 Å². The summed E-state index contributed by atoms with van der Waals surface area (Å²) >= 11 is 0. The summed E-state index contributed by atoms with van der Waals surface area (Å²) < 4.78 is 312. The highest BCUT2D eigenvalue weighted by atomic mass is 32.2. The molecule has 364 valence electrons. The van der Waals surface area contributed by atoms with Gasteiger partial charge in [0.1, 0.15) is 76.2 Å². The number of rotatable bonds is 8. The highest BCUT2D eigenvalue weighted by Gasteiger charge is 2.52. The van der Waals surface area contributed by atoms with Gasteiger partial charge in [0, 0.05) is 11.1 Å². The standard InChI is InChI=1S/C24BF20.C22H19O2S/c26-5-1(6(27)14(35)21(42)13(5)34)25(2-7(28)15(36)22(43)16(37)8(2)29,3-9(30)17(38)23(44)18(39)10(3)31)4-11(32)19(40)24(45)20(41)12(4)33;1-25(23,17-16-19-8-4-2-5-9-19)18-20-12-14-22(15-13-20)24-21-10-6-3-7-11-21/h;2-15H,18H2,1H3/q-1;+1. The minimum absolute atomic E-state index is 0.429. The zero-order valence-electron chi connectivity index (χ0n) is 34.2. The van der Waals surface area contributed by atoms with Gasteiger partial charge in [-0.2, -0.15) is 0 Å². The van der Waals surface area contributed by atoms with Crippen LogP contribution in [0.2, 0.25) is 0 Å². The second-order valence-electron chi connectivity index (χ2n) is 14.6. The van der Waals surface area contributed by atoms with E-state index in [2.05, 4.69) is 11.2 Å². The molecule has 2 nitrogen and oxygen atoms in total. The molecule has 0 aliphatic carbocycles. The summed E-state index contributed by atoms with van der Waals surface area (Å²) in [5, 5.41) is 2.92. The summed E-state index contributed by atoms with van der Waals surface area (Å²) in [7, 11) is -2.26. The molecular formula is C46H19BF20O2S. The van der Waals surface area contributed by atoms with E-state index in [0.29, 0.717) is 5.75 Å². The third-order valence-electron chi connectivity index (χ3n) is 10.2. The Bertz CT molecular complexity index is 2930. The fraction of sp³-hybridized carbons (Fsp3) is 0.0435. The van der Waals surface area contributed by atoms with Gasteiger partial charge in [-0.3, -0.25) is 0 Å². The molecule has 0 saturated heterocycles. The van der Waals surface area contributed by atoms with Crippen molar-refractivity contribution in [1.29, 1.82) is 0 Å². The van der Waals surface area contributed by atoms with Crippen molar-refractivity contribution < 1.29 is 96.8 Å². The van der Waals surface area contributed by atoms with E-state index in [0.717, 1.165) is 22.6 Å². The van der Waals surface area contributed by atoms with Crippen LogP contribution in [0.4, 0.5) is 87.8 Å². The Labute approximate surface area is 381 Å². The Morgan fingerprint density at radius 1 is 0.371 bits per heavy atom. The summed E-state index contributed by atoms with van der Waals surface area (Å²) in [4.78, 5) is 0. The number of para-hydroxylation sites is 1. The zero-order chi connectivity index (χ0) is 51.9. The van der Waals surface area contributed by atoms with E-state index in [1.54, 1.807) is 6.26 Å². The smallest absolute Gasteiger partial charge is 0.200 e. The lowest BCUT2D eigenvalue weighted by Crippen LogP contribution is -2.81. The van der Waals surface area contributed by atoms with Crippen LogP contribution in [0.5, 0.6) is 11.5 Å². The Kier molecular flexibility index (Phi) is 14.9. The van der Waals surface area contributed by atoms with Crippen molar-refractivity contribution in [3.05, 3.63) is 212 Å². The Morgan fingerprint density at radius 2 is 0.629 bits per heavy atom.